The molecule has 4 heteroatoms. The molecule has 1 saturated heterocycles. The summed E-state index contributed by atoms with van der Waals surface area (Å²) in [7, 11) is 0. The predicted molar refractivity (Wildman–Crippen MR) is 118 cm³/mol. The van der Waals surface area contributed by atoms with Crippen LogP contribution in [0.2, 0.25) is 0 Å². The van der Waals surface area contributed by atoms with Crippen LogP contribution >= 0.6 is 0 Å². The standard InChI is InChI=1S/C26H29NO3/c1-17-20(13-27-14-22(15-27)26(28)29)8-7-19-11-23(9-10-24(17)19)30-16-21-12-25(21)18-5-3-2-4-6-18/h2-6,9-11,21-22,25H,7-8,12-16H2,1H3,(H,28,29)/t21-,25-/m0/s1. The lowest BCUT2D eigenvalue weighted by Gasteiger charge is -2.38. The summed E-state index contributed by atoms with van der Waals surface area (Å²) in [5, 5.41) is 9.07. The first-order valence-corrected chi connectivity index (χ1v) is 11.0. The maximum atomic E-state index is 11.0. The first-order valence-electron chi connectivity index (χ1n) is 11.0. The summed E-state index contributed by atoms with van der Waals surface area (Å²) in [6.45, 7) is 5.25. The van der Waals surface area contributed by atoms with E-state index >= 15 is 0 Å². The Morgan fingerprint density at radius 1 is 1.13 bits per heavy atom. The zero-order valence-electron chi connectivity index (χ0n) is 17.5. The van der Waals surface area contributed by atoms with Crippen LogP contribution in [0.5, 0.6) is 5.75 Å². The number of carboxylic acids is 1. The lowest BCUT2D eigenvalue weighted by atomic mass is 9.85. The van der Waals surface area contributed by atoms with E-state index in [0.717, 1.165) is 31.7 Å². The molecule has 0 spiro atoms. The van der Waals surface area contributed by atoms with Crippen LogP contribution in [0.4, 0.5) is 0 Å². The van der Waals surface area contributed by atoms with Gasteiger partial charge in [-0.1, -0.05) is 42.0 Å². The van der Waals surface area contributed by atoms with Crippen molar-refractivity contribution in [2.24, 2.45) is 11.8 Å². The zero-order valence-corrected chi connectivity index (χ0v) is 17.5. The molecule has 1 saturated carbocycles. The first kappa shape index (κ1) is 19.4. The summed E-state index contributed by atoms with van der Waals surface area (Å²) >= 11 is 0. The summed E-state index contributed by atoms with van der Waals surface area (Å²) in [5.74, 6) is 1.41. The Morgan fingerprint density at radius 2 is 1.93 bits per heavy atom. The number of aryl methyl sites for hydroxylation is 1. The molecule has 0 radical (unpaired) electrons. The molecule has 2 atom stereocenters. The van der Waals surface area contributed by atoms with Crippen LogP contribution in [0.3, 0.4) is 0 Å². The highest BCUT2D eigenvalue weighted by Crippen LogP contribution is 2.47. The van der Waals surface area contributed by atoms with Crippen LogP contribution in [-0.4, -0.2) is 42.2 Å². The number of fused-ring (bicyclic) bond motifs is 1. The van der Waals surface area contributed by atoms with Crippen molar-refractivity contribution < 1.29 is 14.6 Å². The van der Waals surface area contributed by atoms with E-state index in [1.54, 1.807) is 0 Å². The second-order valence-electron chi connectivity index (χ2n) is 9.10. The van der Waals surface area contributed by atoms with Gasteiger partial charge < -0.3 is 9.84 Å². The molecule has 0 amide bonds. The highest BCUT2D eigenvalue weighted by atomic mass is 16.5. The van der Waals surface area contributed by atoms with Crippen molar-refractivity contribution in [3.63, 3.8) is 0 Å². The minimum atomic E-state index is -0.667. The van der Waals surface area contributed by atoms with Gasteiger partial charge in [-0.05, 0) is 66.5 Å². The van der Waals surface area contributed by atoms with Crippen LogP contribution in [0.25, 0.3) is 5.57 Å². The Balaban J connectivity index is 1.18. The quantitative estimate of drug-likeness (QED) is 0.734. The van der Waals surface area contributed by atoms with Crippen molar-refractivity contribution in [2.45, 2.75) is 32.1 Å². The number of rotatable bonds is 7. The molecule has 156 valence electrons. The molecule has 5 rings (SSSR count). The third-order valence-electron chi connectivity index (χ3n) is 7.04. The van der Waals surface area contributed by atoms with Crippen LogP contribution in [-0.2, 0) is 11.2 Å². The van der Waals surface area contributed by atoms with E-state index < -0.39 is 5.97 Å². The largest absolute Gasteiger partial charge is 0.493 e. The summed E-state index contributed by atoms with van der Waals surface area (Å²) in [6.07, 6.45) is 3.31. The van der Waals surface area contributed by atoms with Gasteiger partial charge in [-0.25, -0.2) is 0 Å². The Hall–Kier alpha value is -2.59. The molecule has 2 aromatic carbocycles. The molecular weight excluding hydrogens is 374 g/mol. The third kappa shape index (κ3) is 3.89. The number of hydrogen-bond donors (Lipinski definition) is 1. The van der Waals surface area contributed by atoms with Gasteiger partial charge in [0.05, 0.1) is 12.5 Å². The van der Waals surface area contributed by atoms with E-state index in [9.17, 15) is 4.79 Å². The fourth-order valence-corrected chi connectivity index (χ4v) is 4.96. The number of hydrogen-bond acceptors (Lipinski definition) is 3. The van der Waals surface area contributed by atoms with Crippen molar-refractivity contribution in [1.82, 2.24) is 4.90 Å². The first-order chi connectivity index (χ1) is 14.6. The van der Waals surface area contributed by atoms with Crippen molar-refractivity contribution in [3.05, 3.63) is 70.8 Å². The van der Waals surface area contributed by atoms with Gasteiger partial charge in [0.15, 0.2) is 0 Å². The van der Waals surface area contributed by atoms with Crippen LogP contribution in [0.1, 0.15) is 42.4 Å². The lowest BCUT2D eigenvalue weighted by Crippen LogP contribution is -2.50. The lowest BCUT2D eigenvalue weighted by molar-refractivity contribution is -0.147. The number of benzene rings is 2. The number of nitrogens with zero attached hydrogens (tertiary/aromatic N) is 1. The Labute approximate surface area is 178 Å². The average Bonchev–Trinajstić information content (AvgIpc) is 3.50. The van der Waals surface area contributed by atoms with Gasteiger partial charge in [0.25, 0.3) is 0 Å². The van der Waals surface area contributed by atoms with Gasteiger partial charge in [0.1, 0.15) is 5.75 Å². The molecule has 1 N–H and O–H groups in total. The van der Waals surface area contributed by atoms with Gasteiger partial charge >= 0.3 is 5.97 Å². The molecule has 30 heavy (non-hydrogen) atoms. The molecule has 2 aromatic rings. The zero-order chi connectivity index (χ0) is 20.7. The molecule has 0 aromatic heterocycles. The fraction of sp³-hybridized carbons (Fsp3) is 0.423. The maximum Gasteiger partial charge on any atom is 0.309 e. The number of carboxylic acid groups (broad SMARTS) is 1. The van der Waals surface area contributed by atoms with E-state index in [0.29, 0.717) is 24.9 Å². The summed E-state index contributed by atoms with van der Waals surface area (Å²) in [5.41, 5.74) is 6.93. The van der Waals surface area contributed by atoms with E-state index in [2.05, 4.69) is 60.4 Å². The molecule has 1 aliphatic heterocycles. The Kier molecular flexibility index (Phi) is 5.11. The van der Waals surface area contributed by atoms with Gasteiger partial charge in [0.2, 0.25) is 0 Å². The van der Waals surface area contributed by atoms with Gasteiger partial charge in [-0.15, -0.1) is 0 Å². The number of likely N-dealkylation sites (tertiary alicyclic amines) is 1. The molecule has 1 heterocycles. The van der Waals surface area contributed by atoms with Gasteiger partial charge in [-0.2, -0.15) is 0 Å². The summed E-state index contributed by atoms with van der Waals surface area (Å²) in [4.78, 5) is 13.3. The highest BCUT2D eigenvalue weighted by Gasteiger charge is 2.38. The van der Waals surface area contributed by atoms with E-state index in [4.69, 9.17) is 9.84 Å². The van der Waals surface area contributed by atoms with Crippen molar-refractivity contribution in [3.8, 4) is 5.75 Å². The van der Waals surface area contributed by atoms with E-state index in [1.165, 1.54) is 34.3 Å². The molecule has 2 fully saturated rings. The number of allylic oxidation sites excluding steroid dienone is 1. The van der Waals surface area contributed by atoms with Crippen molar-refractivity contribution in [1.29, 1.82) is 0 Å². The fourth-order valence-electron chi connectivity index (χ4n) is 4.96. The minimum absolute atomic E-state index is 0.186. The summed E-state index contributed by atoms with van der Waals surface area (Å²) < 4.78 is 6.16. The van der Waals surface area contributed by atoms with Gasteiger partial charge in [0, 0.05) is 25.6 Å². The topological polar surface area (TPSA) is 49.8 Å². The van der Waals surface area contributed by atoms with Crippen LogP contribution in [0, 0.1) is 11.8 Å². The molecular formula is C26H29NO3. The SMILES string of the molecule is CC1=C(CN2CC(C(=O)O)C2)CCc2cc(OC[C@@H]3C[C@H]3c3ccccc3)ccc21. The number of ether oxygens (including phenoxy) is 1. The minimum Gasteiger partial charge on any atom is -0.493 e. The molecule has 2 aliphatic carbocycles. The number of aliphatic carboxylic acids is 1. The maximum absolute atomic E-state index is 11.0. The van der Waals surface area contributed by atoms with Gasteiger partial charge in [-0.3, -0.25) is 9.69 Å². The Bertz CT molecular complexity index is 975. The highest BCUT2D eigenvalue weighted by molar-refractivity contribution is 5.73. The van der Waals surface area contributed by atoms with Crippen LogP contribution in [0.15, 0.2) is 54.1 Å². The van der Waals surface area contributed by atoms with Crippen LogP contribution < -0.4 is 4.74 Å². The predicted octanol–water partition coefficient (Wildman–Crippen LogP) is 4.61. The van der Waals surface area contributed by atoms with E-state index in [-0.39, 0.29) is 5.92 Å². The second-order valence-corrected chi connectivity index (χ2v) is 9.10. The smallest absolute Gasteiger partial charge is 0.309 e. The van der Waals surface area contributed by atoms with E-state index in [1.807, 2.05) is 0 Å². The Morgan fingerprint density at radius 3 is 2.70 bits per heavy atom. The normalized spacial score (nSPS) is 23.6. The van der Waals surface area contributed by atoms with Crippen molar-refractivity contribution in [2.75, 3.05) is 26.2 Å². The average molecular weight is 404 g/mol. The molecule has 0 bridgehead atoms. The summed E-state index contributed by atoms with van der Waals surface area (Å²) in [6, 6.07) is 17.3. The van der Waals surface area contributed by atoms with Crippen molar-refractivity contribution >= 4 is 11.5 Å². The second kappa shape index (κ2) is 7.92. The third-order valence-corrected chi connectivity index (χ3v) is 7.04. The molecule has 4 nitrogen and oxygen atoms in total. The molecule has 3 aliphatic rings. The monoisotopic (exact) mass is 403 g/mol. The number of carbonyl (C=O) groups is 1. The molecule has 0 unspecified atom stereocenters.